The average molecular weight is 294 g/mol. The first-order chi connectivity index (χ1) is 7.00. The molecule has 1 atom stereocenters. The topological polar surface area (TPSA) is 75.3 Å². The second-order valence-corrected chi connectivity index (χ2v) is 4.27. The molecule has 0 amide bonds. The van der Waals surface area contributed by atoms with Crippen LogP contribution < -0.4 is 11.1 Å². The maximum atomic E-state index is 10.5. The number of benzene rings is 1. The summed E-state index contributed by atoms with van der Waals surface area (Å²) in [4.78, 5) is 10.5. The SMILES string of the molecule is NC(CNc1ccc(Br)cc1Cl)C(=O)O. The molecule has 0 saturated carbocycles. The summed E-state index contributed by atoms with van der Waals surface area (Å²) in [7, 11) is 0. The third kappa shape index (κ3) is 3.70. The number of hydrogen-bond acceptors (Lipinski definition) is 3. The third-order valence-electron chi connectivity index (χ3n) is 1.76. The lowest BCUT2D eigenvalue weighted by Gasteiger charge is -2.11. The van der Waals surface area contributed by atoms with Crippen molar-refractivity contribution in [3.8, 4) is 0 Å². The van der Waals surface area contributed by atoms with Crippen LogP contribution in [0.3, 0.4) is 0 Å². The van der Waals surface area contributed by atoms with Crippen LogP contribution in [-0.4, -0.2) is 23.7 Å². The number of nitrogens with two attached hydrogens (primary N) is 1. The van der Waals surface area contributed by atoms with Crippen molar-refractivity contribution >= 4 is 39.2 Å². The van der Waals surface area contributed by atoms with Crippen molar-refractivity contribution in [2.45, 2.75) is 6.04 Å². The highest BCUT2D eigenvalue weighted by atomic mass is 79.9. The van der Waals surface area contributed by atoms with Crippen molar-refractivity contribution < 1.29 is 9.90 Å². The maximum absolute atomic E-state index is 10.5. The van der Waals surface area contributed by atoms with E-state index >= 15 is 0 Å². The van der Waals surface area contributed by atoms with Gasteiger partial charge in [-0.25, -0.2) is 0 Å². The molecule has 0 heterocycles. The molecule has 4 nitrogen and oxygen atoms in total. The normalized spacial score (nSPS) is 12.2. The summed E-state index contributed by atoms with van der Waals surface area (Å²) in [6.07, 6.45) is 0. The van der Waals surface area contributed by atoms with Gasteiger partial charge in [0.05, 0.1) is 10.7 Å². The standard InChI is InChI=1S/C9H10BrClN2O2/c10-5-1-2-8(6(11)3-5)13-4-7(12)9(14)15/h1-3,7,13H,4,12H2,(H,14,15). The molecule has 1 aromatic rings. The van der Waals surface area contributed by atoms with Gasteiger partial charge in [-0.15, -0.1) is 0 Å². The second-order valence-electron chi connectivity index (χ2n) is 2.95. The second kappa shape index (κ2) is 5.34. The zero-order valence-electron chi connectivity index (χ0n) is 7.71. The summed E-state index contributed by atoms with van der Waals surface area (Å²) in [5, 5.41) is 11.9. The van der Waals surface area contributed by atoms with E-state index in [4.69, 9.17) is 22.4 Å². The van der Waals surface area contributed by atoms with Crippen LogP contribution in [0.2, 0.25) is 5.02 Å². The highest BCUT2D eigenvalue weighted by Crippen LogP contribution is 2.25. The van der Waals surface area contributed by atoms with Gasteiger partial charge in [0.2, 0.25) is 0 Å². The van der Waals surface area contributed by atoms with Crippen molar-refractivity contribution in [2.24, 2.45) is 5.73 Å². The van der Waals surface area contributed by atoms with Crippen molar-refractivity contribution in [3.05, 3.63) is 27.7 Å². The Hall–Kier alpha value is -0.780. The first kappa shape index (κ1) is 12.3. The number of halogens is 2. The molecule has 0 saturated heterocycles. The molecular weight excluding hydrogens is 283 g/mol. The van der Waals surface area contributed by atoms with Gasteiger partial charge in [0, 0.05) is 11.0 Å². The highest BCUT2D eigenvalue weighted by molar-refractivity contribution is 9.10. The van der Waals surface area contributed by atoms with E-state index in [1.54, 1.807) is 18.2 Å². The molecule has 1 rings (SSSR count). The fourth-order valence-electron chi connectivity index (χ4n) is 0.940. The zero-order valence-corrected chi connectivity index (χ0v) is 10.0. The molecule has 0 radical (unpaired) electrons. The Morgan fingerprint density at radius 1 is 1.67 bits per heavy atom. The Kier molecular flexibility index (Phi) is 4.38. The maximum Gasteiger partial charge on any atom is 0.322 e. The van der Waals surface area contributed by atoms with Gasteiger partial charge in [0.25, 0.3) is 0 Å². The Morgan fingerprint density at radius 3 is 2.87 bits per heavy atom. The minimum Gasteiger partial charge on any atom is -0.480 e. The van der Waals surface area contributed by atoms with Gasteiger partial charge in [0.1, 0.15) is 6.04 Å². The summed E-state index contributed by atoms with van der Waals surface area (Å²) < 4.78 is 0.862. The fraction of sp³-hybridized carbons (Fsp3) is 0.222. The van der Waals surface area contributed by atoms with Crippen LogP contribution in [0.1, 0.15) is 0 Å². The predicted molar refractivity (Wildman–Crippen MR) is 63.3 cm³/mol. The van der Waals surface area contributed by atoms with Crippen molar-refractivity contribution in [2.75, 3.05) is 11.9 Å². The van der Waals surface area contributed by atoms with E-state index in [0.717, 1.165) is 4.47 Å². The van der Waals surface area contributed by atoms with Crippen molar-refractivity contribution in [3.63, 3.8) is 0 Å². The lowest BCUT2D eigenvalue weighted by Crippen LogP contribution is -2.36. The Bertz CT molecular complexity index is 373. The van der Waals surface area contributed by atoms with E-state index in [9.17, 15) is 4.79 Å². The average Bonchev–Trinajstić information content (AvgIpc) is 2.15. The molecule has 0 bridgehead atoms. The number of carbonyl (C=O) groups is 1. The minimum atomic E-state index is -1.05. The minimum absolute atomic E-state index is 0.136. The summed E-state index contributed by atoms with van der Waals surface area (Å²) in [5.41, 5.74) is 5.99. The van der Waals surface area contributed by atoms with Crippen molar-refractivity contribution in [1.29, 1.82) is 0 Å². The van der Waals surface area contributed by atoms with Gasteiger partial charge in [-0.05, 0) is 18.2 Å². The number of carboxylic acid groups (broad SMARTS) is 1. The quantitative estimate of drug-likeness (QED) is 0.793. The van der Waals surface area contributed by atoms with Crippen LogP contribution in [-0.2, 0) is 4.79 Å². The summed E-state index contributed by atoms with van der Waals surface area (Å²) >= 11 is 9.18. The molecule has 0 aliphatic heterocycles. The molecule has 1 unspecified atom stereocenters. The molecule has 6 heteroatoms. The van der Waals surface area contributed by atoms with Crippen LogP contribution in [0.25, 0.3) is 0 Å². The molecule has 82 valence electrons. The number of nitrogens with one attached hydrogen (secondary N) is 1. The van der Waals surface area contributed by atoms with E-state index in [2.05, 4.69) is 21.2 Å². The predicted octanol–water partition coefficient (Wildman–Crippen LogP) is 1.93. The van der Waals surface area contributed by atoms with Crippen LogP contribution in [0, 0.1) is 0 Å². The van der Waals surface area contributed by atoms with E-state index < -0.39 is 12.0 Å². The van der Waals surface area contributed by atoms with E-state index in [-0.39, 0.29) is 6.54 Å². The molecule has 0 aliphatic rings. The van der Waals surface area contributed by atoms with Crippen LogP contribution in [0.4, 0.5) is 5.69 Å². The highest BCUT2D eigenvalue weighted by Gasteiger charge is 2.11. The zero-order chi connectivity index (χ0) is 11.4. The molecular formula is C9H10BrClN2O2. The first-order valence-electron chi connectivity index (χ1n) is 4.18. The number of anilines is 1. The van der Waals surface area contributed by atoms with Crippen LogP contribution in [0.15, 0.2) is 22.7 Å². The summed E-state index contributed by atoms with van der Waals surface area (Å²) in [5.74, 6) is -1.05. The van der Waals surface area contributed by atoms with Gasteiger partial charge in [0.15, 0.2) is 0 Å². The molecule has 0 aliphatic carbocycles. The van der Waals surface area contributed by atoms with E-state index in [0.29, 0.717) is 10.7 Å². The molecule has 4 N–H and O–H groups in total. The lowest BCUT2D eigenvalue weighted by atomic mass is 10.3. The Labute approximate surface area is 101 Å². The number of rotatable bonds is 4. The Morgan fingerprint density at radius 2 is 2.33 bits per heavy atom. The summed E-state index contributed by atoms with van der Waals surface area (Å²) in [6, 6.07) is 4.34. The van der Waals surface area contributed by atoms with Gasteiger partial charge >= 0.3 is 5.97 Å². The van der Waals surface area contributed by atoms with Gasteiger partial charge < -0.3 is 16.2 Å². The lowest BCUT2D eigenvalue weighted by molar-refractivity contribution is -0.138. The van der Waals surface area contributed by atoms with Gasteiger partial charge in [-0.1, -0.05) is 27.5 Å². The monoisotopic (exact) mass is 292 g/mol. The Balaban J connectivity index is 2.62. The van der Waals surface area contributed by atoms with E-state index in [1.807, 2.05) is 0 Å². The molecule has 0 aromatic heterocycles. The number of carboxylic acids is 1. The summed E-state index contributed by atoms with van der Waals surface area (Å²) in [6.45, 7) is 0.136. The van der Waals surface area contributed by atoms with Crippen LogP contribution >= 0.6 is 27.5 Å². The van der Waals surface area contributed by atoms with Gasteiger partial charge in [-0.3, -0.25) is 4.79 Å². The largest absolute Gasteiger partial charge is 0.480 e. The number of aliphatic carboxylic acids is 1. The molecule has 1 aromatic carbocycles. The van der Waals surface area contributed by atoms with Crippen molar-refractivity contribution in [1.82, 2.24) is 0 Å². The molecule has 15 heavy (non-hydrogen) atoms. The van der Waals surface area contributed by atoms with Crippen LogP contribution in [0.5, 0.6) is 0 Å². The smallest absolute Gasteiger partial charge is 0.322 e. The third-order valence-corrected chi connectivity index (χ3v) is 2.57. The van der Waals surface area contributed by atoms with Gasteiger partial charge in [-0.2, -0.15) is 0 Å². The van der Waals surface area contributed by atoms with E-state index in [1.165, 1.54) is 0 Å². The molecule has 0 fully saturated rings. The fourth-order valence-corrected chi connectivity index (χ4v) is 1.68. The number of hydrogen-bond donors (Lipinski definition) is 3. The first-order valence-corrected chi connectivity index (χ1v) is 5.35. The molecule has 0 spiro atoms.